The monoisotopic (exact) mass is 475 g/mol. The second kappa shape index (κ2) is 10.4. The number of nitrogens with one attached hydrogen (secondary N) is 2. The Balaban J connectivity index is 1.26. The maximum absolute atomic E-state index is 13.5. The van der Waals surface area contributed by atoms with Crippen molar-refractivity contribution in [2.75, 3.05) is 19.0 Å². The molecule has 2 aliphatic heterocycles. The molecule has 8 nitrogen and oxygen atoms in total. The molecule has 3 atom stereocenters. The molecule has 184 valence electrons. The Labute approximate surface area is 206 Å². The van der Waals surface area contributed by atoms with Crippen molar-refractivity contribution in [1.29, 1.82) is 0 Å². The molecule has 3 unspecified atom stereocenters. The minimum absolute atomic E-state index is 0.00789. The highest BCUT2D eigenvalue weighted by atomic mass is 16.5. The van der Waals surface area contributed by atoms with E-state index < -0.39 is 0 Å². The molecule has 2 fully saturated rings. The Morgan fingerprint density at radius 1 is 1.11 bits per heavy atom. The summed E-state index contributed by atoms with van der Waals surface area (Å²) in [5.41, 5.74) is 5.14. The molecule has 2 aromatic rings. The van der Waals surface area contributed by atoms with Crippen LogP contribution in [-0.2, 0) is 16.0 Å². The van der Waals surface area contributed by atoms with Gasteiger partial charge in [0.15, 0.2) is 6.29 Å². The highest BCUT2D eigenvalue weighted by Crippen LogP contribution is 2.37. The van der Waals surface area contributed by atoms with Crippen molar-refractivity contribution in [2.24, 2.45) is 11.0 Å². The molecule has 2 N–H and O–H groups in total. The Morgan fingerprint density at radius 2 is 1.94 bits per heavy atom. The first-order valence-electron chi connectivity index (χ1n) is 12.5. The van der Waals surface area contributed by atoms with Gasteiger partial charge in [-0.05, 0) is 37.0 Å². The number of methoxy groups -OCH3 is 1. The van der Waals surface area contributed by atoms with Gasteiger partial charge in [-0.3, -0.25) is 15.0 Å². The fourth-order valence-electron chi connectivity index (χ4n) is 5.51. The van der Waals surface area contributed by atoms with E-state index in [9.17, 15) is 9.59 Å². The van der Waals surface area contributed by atoms with Gasteiger partial charge in [-0.2, -0.15) is 5.10 Å². The van der Waals surface area contributed by atoms with Gasteiger partial charge in [0.25, 0.3) is 0 Å². The van der Waals surface area contributed by atoms with Crippen LogP contribution in [0.4, 0.5) is 5.69 Å². The van der Waals surface area contributed by atoms with Crippen LogP contribution < -0.4 is 15.5 Å². The first kappa shape index (κ1) is 23.2. The molecule has 1 saturated heterocycles. The summed E-state index contributed by atoms with van der Waals surface area (Å²) in [6.45, 7) is 0.638. The predicted molar refractivity (Wildman–Crippen MR) is 135 cm³/mol. The summed E-state index contributed by atoms with van der Waals surface area (Å²) in [6, 6.07) is 17.7. The van der Waals surface area contributed by atoms with E-state index >= 15 is 0 Å². The third-order valence-corrected chi connectivity index (χ3v) is 7.27. The van der Waals surface area contributed by atoms with Gasteiger partial charge in [-0.1, -0.05) is 49.2 Å². The van der Waals surface area contributed by atoms with E-state index in [4.69, 9.17) is 4.74 Å². The topological polar surface area (TPSA) is 86.3 Å². The number of amides is 2. The lowest BCUT2D eigenvalue weighted by atomic mass is 9.80. The Kier molecular flexibility index (Phi) is 6.88. The quantitative estimate of drug-likeness (QED) is 0.610. The zero-order chi connectivity index (χ0) is 24.2. The average molecular weight is 476 g/mol. The number of carbonyl (C=O) groups is 2. The fraction of sp³-hybridized carbons (Fsp3) is 0.444. The second-order valence-corrected chi connectivity index (χ2v) is 9.44. The first-order chi connectivity index (χ1) is 17.1. The summed E-state index contributed by atoms with van der Waals surface area (Å²) in [5.74, 6) is 1.72. The molecule has 2 aromatic carbocycles. The Hall–Kier alpha value is -3.55. The number of hydrazone groups is 1. The number of rotatable bonds is 8. The number of fused-ring (bicyclic) bond motifs is 3. The molecule has 0 aromatic heterocycles. The maximum atomic E-state index is 13.5. The van der Waals surface area contributed by atoms with Gasteiger partial charge in [0.1, 0.15) is 11.6 Å². The van der Waals surface area contributed by atoms with Crippen LogP contribution in [0.3, 0.4) is 0 Å². The summed E-state index contributed by atoms with van der Waals surface area (Å²) in [6.07, 6.45) is 5.45. The van der Waals surface area contributed by atoms with Crippen LogP contribution in [0.1, 0.15) is 44.1 Å². The normalized spacial score (nSPS) is 23.2. The van der Waals surface area contributed by atoms with E-state index in [0.29, 0.717) is 30.8 Å². The van der Waals surface area contributed by atoms with Crippen molar-refractivity contribution in [3.8, 4) is 5.75 Å². The zero-order valence-corrected chi connectivity index (χ0v) is 20.2. The molecular weight excluding hydrogens is 442 g/mol. The maximum Gasteiger partial charge on any atom is 0.230 e. The Bertz CT molecular complexity index is 1090. The number of carbonyl (C=O) groups excluding carboxylic acids is 2. The Morgan fingerprint density at radius 3 is 2.77 bits per heavy atom. The lowest BCUT2D eigenvalue weighted by Gasteiger charge is -2.50. The van der Waals surface area contributed by atoms with Crippen LogP contribution in [-0.4, -0.2) is 53.4 Å². The van der Waals surface area contributed by atoms with Gasteiger partial charge in [-0.25, -0.2) is 0 Å². The number of nitrogens with zero attached hydrogens (tertiary/aromatic N) is 3. The second-order valence-electron chi connectivity index (χ2n) is 9.44. The van der Waals surface area contributed by atoms with Gasteiger partial charge >= 0.3 is 0 Å². The number of anilines is 1. The van der Waals surface area contributed by atoms with Crippen molar-refractivity contribution in [3.05, 3.63) is 60.2 Å². The van der Waals surface area contributed by atoms with E-state index in [2.05, 4.69) is 32.9 Å². The average Bonchev–Trinajstić information content (AvgIpc) is 3.32. The van der Waals surface area contributed by atoms with Gasteiger partial charge < -0.3 is 19.9 Å². The molecule has 0 bridgehead atoms. The third kappa shape index (κ3) is 4.97. The summed E-state index contributed by atoms with van der Waals surface area (Å²) in [5, 5.41) is 7.56. The molecule has 5 rings (SSSR count). The SMILES string of the molecule is COc1cccc(NC(=O)CCC2=NNC3N(CCc4ccccc4)C(=O)C4CCCCC4N23)c1. The van der Waals surface area contributed by atoms with Crippen LogP contribution in [0.5, 0.6) is 5.75 Å². The van der Waals surface area contributed by atoms with Gasteiger partial charge in [0, 0.05) is 37.2 Å². The van der Waals surface area contributed by atoms with Crippen LogP contribution in [0.2, 0.25) is 0 Å². The minimum Gasteiger partial charge on any atom is -0.497 e. The fourth-order valence-corrected chi connectivity index (χ4v) is 5.51. The van der Waals surface area contributed by atoms with Crippen LogP contribution in [0.15, 0.2) is 59.7 Å². The molecule has 1 aliphatic carbocycles. The number of benzene rings is 2. The summed E-state index contributed by atoms with van der Waals surface area (Å²) in [7, 11) is 1.60. The van der Waals surface area contributed by atoms with Crippen molar-refractivity contribution in [1.82, 2.24) is 15.2 Å². The summed E-state index contributed by atoms with van der Waals surface area (Å²) < 4.78 is 5.24. The van der Waals surface area contributed by atoms with E-state index in [1.165, 1.54) is 5.56 Å². The van der Waals surface area contributed by atoms with Crippen LogP contribution >= 0.6 is 0 Å². The van der Waals surface area contributed by atoms with Gasteiger partial charge in [0.05, 0.1) is 13.0 Å². The van der Waals surface area contributed by atoms with Crippen LogP contribution in [0, 0.1) is 5.92 Å². The molecule has 3 aliphatic rings. The lowest BCUT2D eigenvalue weighted by Crippen LogP contribution is -2.67. The smallest absolute Gasteiger partial charge is 0.230 e. The zero-order valence-electron chi connectivity index (χ0n) is 20.2. The predicted octanol–water partition coefficient (Wildman–Crippen LogP) is 3.56. The van der Waals surface area contributed by atoms with E-state index in [1.807, 2.05) is 41.3 Å². The summed E-state index contributed by atoms with van der Waals surface area (Å²) >= 11 is 0. The number of hydrogen-bond acceptors (Lipinski definition) is 6. The highest BCUT2D eigenvalue weighted by Gasteiger charge is 2.50. The molecule has 2 amide bonds. The molecule has 0 radical (unpaired) electrons. The van der Waals surface area contributed by atoms with Crippen molar-refractivity contribution in [2.45, 2.75) is 57.3 Å². The lowest BCUT2D eigenvalue weighted by molar-refractivity contribution is -0.155. The van der Waals surface area contributed by atoms with Crippen molar-refractivity contribution < 1.29 is 14.3 Å². The number of ether oxygens (including phenoxy) is 1. The van der Waals surface area contributed by atoms with Gasteiger partial charge in [0.2, 0.25) is 11.8 Å². The molecular formula is C27H33N5O3. The van der Waals surface area contributed by atoms with Crippen molar-refractivity contribution in [3.63, 3.8) is 0 Å². The molecule has 8 heteroatoms. The molecule has 1 saturated carbocycles. The van der Waals surface area contributed by atoms with E-state index in [0.717, 1.165) is 37.9 Å². The number of hydrogen-bond donors (Lipinski definition) is 2. The van der Waals surface area contributed by atoms with Crippen LogP contribution in [0.25, 0.3) is 0 Å². The molecule has 2 heterocycles. The molecule has 35 heavy (non-hydrogen) atoms. The third-order valence-electron chi connectivity index (χ3n) is 7.27. The van der Waals surface area contributed by atoms with E-state index in [-0.39, 0.29) is 30.1 Å². The van der Waals surface area contributed by atoms with Crippen molar-refractivity contribution >= 4 is 23.3 Å². The highest BCUT2D eigenvalue weighted by molar-refractivity contribution is 5.95. The van der Waals surface area contributed by atoms with Gasteiger partial charge in [-0.15, -0.1) is 0 Å². The standard InChI is InChI=1S/C27H33N5O3/c1-35-21-11-7-10-20(18-21)28-25(33)15-14-24-29-30-27-31(17-16-19-8-3-2-4-9-19)26(34)22-12-5-6-13-23(22)32(24)27/h2-4,7-11,18,22-23,27,30H,5-6,12-17H2,1H3,(H,28,33). The molecule has 0 spiro atoms. The van der Waals surface area contributed by atoms with E-state index in [1.54, 1.807) is 13.2 Å². The minimum atomic E-state index is -0.276. The largest absolute Gasteiger partial charge is 0.497 e. The number of amidine groups is 1. The first-order valence-corrected chi connectivity index (χ1v) is 12.5. The summed E-state index contributed by atoms with van der Waals surface area (Å²) in [4.78, 5) is 30.4.